The van der Waals surface area contributed by atoms with E-state index in [1.807, 2.05) is 30.3 Å². The molecule has 3 heteroatoms. The summed E-state index contributed by atoms with van der Waals surface area (Å²) in [5.74, 6) is -0.747. The van der Waals surface area contributed by atoms with Crippen LogP contribution in [0.2, 0.25) is 0 Å². The molecule has 2 aromatic carbocycles. The van der Waals surface area contributed by atoms with Gasteiger partial charge in [-0.05, 0) is 34.5 Å². The number of carbonyl (C=O) groups excluding carboxylic acids is 1. The minimum Gasteiger partial charge on any atom is -0.509 e. The van der Waals surface area contributed by atoms with Crippen molar-refractivity contribution in [3.8, 4) is 0 Å². The van der Waals surface area contributed by atoms with Crippen LogP contribution in [0.1, 0.15) is 15.9 Å². The SMILES string of the molecule is O=C1c2cc3ccccc3cc2C=C(O)C1O. The van der Waals surface area contributed by atoms with Crippen molar-refractivity contribution in [1.82, 2.24) is 0 Å². The number of hydrogen-bond acceptors (Lipinski definition) is 3. The molecule has 0 radical (unpaired) electrons. The largest absolute Gasteiger partial charge is 0.509 e. The number of fused-ring (bicyclic) bond motifs is 2. The first kappa shape index (κ1) is 10.1. The van der Waals surface area contributed by atoms with Gasteiger partial charge in [-0.1, -0.05) is 24.3 Å². The van der Waals surface area contributed by atoms with Crippen LogP contribution in [0.4, 0.5) is 0 Å². The van der Waals surface area contributed by atoms with Crippen molar-refractivity contribution < 1.29 is 15.0 Å². The van der Waals surface area contributed by atoms with Crippen LogP contribution in [0.25, 0.3) is 16.8 Å². The van der Waals surface area contributed by atoms with Gasteiger partial charge in [-0.25, -0.2) is 0 Å². The number of rotatable bonds is 0. The molecule has 0 bridgehead atoms. The summed E-state index contributed by atoms with van der Waals surface area (Å²) >= 11 is 0. The first-order valence-electron chi connectivity index (χ1n) is 5.32. The number of benzene rings is 2. The van der Waals surface area contributed by atoms with Crippen molar-refractivity contribution in [1.29, 1.82) is 0 Å². The van der Waals surface area contributed by atoms with E-state index in [0.29, 0.717) is 11.1 Å². The summed E-state index contributed by atoms with van der Waals surface area (Å²) in [6.45, 7) is 0. The third-order valence-electron chi connectivity index (χ3n) is 3.02. The summed E-state index contributed by atoms with van der Waals surface area (Å²) in [6, 6.07) is 11.2. The maximum Gasteiger partial charge on any atom is 0.199 e. The van der Waals surface area contributed by atoms with Crippen LogP contribution in [-0.4, -0.2) is 22.1 Å². The Kier molecular flexibility index (Phi) is 2.03. The van der Waals surface area contributed by atoms with E-state index in [9.17, 15) is 15.0 Å². The molecule has 0 amide bonds. The highest BCUT2D eigenvalue weighted by atomic mass is 16.3. The summed E-state index contributed by atoms with van der Waals surface area (Å²) in [4.78, 5) is 11.8. The predicted octanol–water partition coefficient (Wildman–Crippen LogP) is 2.30. The van der Waals surface area contributed by atoms with Crippen molar-refractivity contribution in [2.45, 2.75) is 6.10 Å². The third kappa shape index (κ3) is 1.44. The molecule has 1 unspecified atom stereocenters. The minimum absolute atomic E-state index is 0.294. The van der Waals surface area contributed by atoms with E-state index in [0.717, 1.165) is 10.8 Å². The van der Waals surface area contributed by atoms with Gasteiger partial charge in [-0.2, -0.15) is 0 Å². The van der Waals surface area contributed by atoms with Crippen LogP contribution >= 0.6 is 0 Å². The van der Waals surface area contributed by atoms with Crippen molar-refractivity contribution in [3.63, 3.8) is 0 Å². The van der Waals surface area contributed by atoms with E-state index < -0.39 is 11.9 Å². The standard InChI is InChI=1S/C14H10O3/c15-12-7-10-5-8-3-1-2-4-9(8)6-11(10)13(16)14(12)17/h1-7,14-15,17H. The summed E-state index contributed by atoms with van der Waals surface area (Å²) < 4.78 is 0. The molecule has 1 atom stereocenters. The van der Waals surface area contributed by atoms with E-state index in [4.69, 9.17) is 0 Å². The van der Waals surface area contributed by atoms with Gasteiger partial charge in [0, 0.05) is 5.56 Å². The first-order valence-corrected chi connectivity index (χ1v) is 5.32. The Labute approximate surface area is 97.6 Å². The smallest absolute Gasteiger partial charge is 0.199 e. The number of aliphatic hydroxyl groups is 2. The molecule has 0 saturated carbocycles. The van der Waals surface area contributed by atoms with E-state index in [-0.39, 0.29) is 5.76 Å². The molecule has 0 aliphatic heterocycles. The highest BCUT2D eigenvalue weighted by molar-refractivity contribution is 6.09. The lowest BCUT2D eigenvalue weighted by atomic mass is 9.90. The highest BCUT2D eigenvalue weighted by Crippen LogP contribution is 2.27. The first-order chi connectivity index (χ1) is 8.16. The van der Waals surface area contributed by atoms with Crippen LogP contribution in [0.5, 0.6) is 0 Å². The number of Topliss-reactive ketones (excluding diaryl/α,β-unsaturated/α-hetero) is 1. The molecular weight excluding hydrogens is 216 g/mol. The van der Waals surface area contributed by atoms with Crippen LogP contribution in [-0.2, 0) is 0 Å². The van der Waals surface area contributed by atoms with Crippen LogP contribution in [0.15, 0.2) is 42.2 Å². The predicted molar refractivity (Wildman–Crippen MR) is 64.9 cm³/mol. The Morgan fingerprint density at radius 2 is 1.71 bits per heavy atom. The monoisotopic (exact) mass is 226 g/mol. The van der Waals surface area contributed by atoms with E-state index in [1.54, 1.807) is 6.07 Å². The third-order valence-corrected chi connectivity index (χ3v) is 3.02. The zero-order valence-corrected chi connectivity index (χ0v) is 8.92. The van der Waals surface area contributed by atoms with Gasteiger partial charge in [0.1, 0.15) is 5.76 Å². The van der Waals surface area contributed by atoms with Gasteiger partial charge in [0.2, 0.25) is 0 Å². The van der Waals surface area contributed by atoms with Crippen molar-refractivity contribution in [2.75, 3.05) is 0 Å². The average molecular weight is 226 g/mol. The maximum atomic E-state index is 11.8. The fraction of sp³-hybridized carbons (Fsp3) is 0.0714. The quantitative estimate of drug-likeness (QED) is 0.724. The lowest BCUT2D eigenvalue weighted by Gasteiger charge is -2.17. The zero-order chi connectivity index (χ0) is 12.0. The fourth-order valence-electron chi connectivity index (χ4n) is 2.11. The molecule has 3 nitrogen and oxygen atoms in total. The van der Waals surface area contributed by atoms with Crippen molar-refractivity contribution >= 4 is 22.6 Å². The van der Waals surface area contributed by atoms with Crippen LogP contribution in [0, 0.1) is 0 Å². The second kappa shape index (κ2) is 3.43. The van der Waals surface area contributed by atoms with Crippen LogP contribution in [0.3, 0.4) is 0 Å². The topological polar surface area (TPSA) is 57.5 Å². The Bertz CT molecular complexity index is 656. The van der Waals surface area contributed by atoms with Crippen LogP contribution < -0.4 is 0 Å². The molecular formula is C14H10O3. The number of aliphatic hydroxyl groups excluding tert-OH is 2. The molecule has 0 spiro atoms. The molecule has 3 rings (SSSR count). The highest BCUT2D eigenvalue weighted by Gasteiger charge is 2.27. The van der Waals surface area contributed by atoms with E-state index in [1.165, 1.54) is 6.08 Å². The van der Waals surface area contributed by atoms with Crippen molar-refractivity contribution in [3.05, 3.63) is 53.3 Å². The molecule has 0 saturated heterocycles. The molecule has 17 heavy (non-hydrogen) atoms. The summed E-state index contributed by atoms with van der Waals surface area (Å²) in [5, 5.41) is 20.9. The van der Waals surface area contributed by atoms with Gasteiger partial charge in [-0.3, -0.25) is 4.79 Å². The van der Waals surface area contributed by atoms with Gasteiger partial charge in [0.25, 0.3) is 0 Å². The molecule has 0 fully saturated rings. The van der Waals surface area contributed by atoms with Crippen molar-refractivity contribution in [2.24, 2.45) is 0 Å². The molecule has 1 aliphatic carbocycles. The van der Waals surface area contributed by atoms with Gasteiger partial charge in [-0.15, -0.1) is 0 Å². The van der Waals surface area contributed by atoms with E-state index >= 15 is 0 Å². The lowest BCUT2D eigenvalue weighted by Crippen LogP contribution is -2.26. The number of hydrogen-bond donors (Lipinski definition) is 2. The van der Waals surface area contributed by atoms with Gasteiger partial charge >= 0.3 is 0 Å². The normalized spacial score (nSPS) is 19.0. The average Bonchev–Trinajstić information content (AvgIpc) is 2.34. The molecule has 0 heterocycles. The molecule has 0 aromatic heterocycles. The minimum atomic E-state index is -1.43. The Hall–Kier alpha value is -2.13. The Balaban J connectivity index is 2.34. The zero-order valence-electron chi connectivity index (χ0n) is 8.92. The molecule has 1 aliphatic rings. The Morgan fingerprint density at radius 1 is 1.06 bits per heavy atom. The number of ketones is 1. The summed E-state index contributed by atoms with van der Waals surface area (Å²) in [5.41, 5.74) is 1.10. The fourth-order valence-corrected chi connectivity index (χ4v) is 2.11. The van der Waals surface area contributed by atoms with Gasteiger partial charge in [0.15, 0.2) is 11.9 Å². The summed E-state index contributed by atoms with van der Waals surface area (Å²) in [6.07, 6.45) is 0.0112. The second-order valence-electron chi connectivity index (χ2n) is 4.12. The maximum absolute atomic E-state index is 11.8. The Morgan fingerprint density at radius 3 is 2.41 bits per heavy atom. The molecule has 2 aromatic rings. The molecule has 2 N–H and O–H groups in total. The van der Waals surface area contributed by atoms with E-state index in [2.05, 4.69) is 0 Å². The second-order valence-corrected chi connectivity index (χ2v) is 4.12. The lowest BCUT2D eigenvalue weighted by molar-refractivity contribution is 0.0731. The number of carbonyl (C=O) groups is 1. The van der Waals surface area contributed by atoms with Gasteiger partial charge in [0.05, 0.1) is 0 Å². The molecule has 84 valence electrons. The summed E-state index contributed by atoms with van der Waals surface area (Å²) in [7, 11) is 0. The van der Waals surface area contributed by atoms with Gasteiger partial charge < -0.3 is 10.2 Å².